The molecule has 3 aromatic rings. The zero-order valence-electron chi connectivity index (χ0n) is 15.9. The Morgan fingerprint density at radius 2 is 1.26 bits per heavy atom. The number of amides is 1. The molecule has 0 aliphatic carbocycles. The van der Waals surface area contributed by atoms with Crippen molar-refractivity contribution < 1.29 is 4.79 Å². The van der Waals surface area contributed by atoms with E-state index < -0.39 is 0 Å². The van der Waals surface area contributed by atoms with Gasteiger partial charge < -0.3 is 5.32 Å². The Balaban J connectivity index is 1.74. The molecule has 3 aromatic carbocycles. The molecule has 0 saturated carbocycles. The van der Waals surface area contributed by atoms with Gasteiger partial charge in [-0.1, -0.05) is 91.0 Å². The molecule has 0 radical (unpaired) electrons. The van der Waals surface area contributed by atoms with Crippen molar-refractivity contribution in [2.75, 3.05) is 7.05 Å². The van der Waals surface area contributed by atoms with Crippen molar-refractivity contribution in [2.24, 2.45) is 0 Å². The first-order valence-electron chi connectivity index (χ1n) is 9.29. The number of carbonyl (C=O) groups excluding carboxylic acids is 1. The first-order chi connectivity index (χ1) is 13.1. The van der Waals surface area contributed by atoms with Crippen LogP contribution in [0.1, 0.15) is 29.7 Å². The number of benzene rings is 3. The molecule has 0 bridgehead atoms. The van der Waals surface area contributed by atoms with E-state index in [9.17, 15) is 4.79 Å². The van der Waals surface area contributed by atoms with Crippen molar-refractivity contribution in [1.29, 1.82) is 0 Å². The largest absolute Gasteiger partial charge is 0.344 e. The highest BCUT2D eigenvalue weighted by molar-refractivity contribution is 5.82. The summed E-state index contributed by atoms with van der Waals surface area (Å²) in [5.41, 5.74) is 3.35. The third-order valence-corrected chi connectivity index (χ3v) is 4.87. The van der Waals surface area contributed by atoms with Crippen molar-refractivity contribution in [3.05, 3.63) is 108 Å². The summed E-state index contributed by atoms with van der Waals surface area (Å²) in [7, 11) is 1.98. The lowest BCUT2D eigenvalue weighted by atomic mass is 9.98. The summed E-state index contributed by atoms with van der Waals surface area (Å²) >= 11 is 0. The molecule has 0 aromatic heterocycles. The Labute approximate surface area is 161 Å². The number of rotatable bonds is 7. The highest BCUT2D eigenvalue weighted by atomic mass is 16.2. The monoisotopic (exact) mass is 358 g/mol. The van der Waals surface area contributed by atoms with E-state index in [4.69, 9.17) is 0 Å². The predicted octanol–water partition coefficient (Wildman–Crippen LogP) is 4.41. The van der Waals surface area contributed by atoms with Crippen LogP contribution in [0.5, 0.6) is 0 Å². The Morgan fingerprint density at radius 3 is 1.74 bits per heavy atom. The molecule has 3 heteroatoms. The number of nitrogens with one attached hydrogen (secondary N) is 1. The molecule has 0 spiro atoms. The van der Waals surface area contributed by atoms with Gasteiger partial charge in [0.1, 0.15) is 0 Å². The van der Waals surface area contributed by atoms with Crippen LogP contribution in [0, 0.1) is 0 Å². The van der Waals surface area contributed by atoms with E-state index in [-0.39, 0.29) is 18.0 Å². The van der Waals surface area contributed by atoms with Gasteiger partial charge in [-0.15, -0.1) is 0 Å². The van der Waals surface area contributed by atoms with E-state index in [1.54, 1.807) is 0 Å². The van der Waals surface area contributed by atoms with Gasteiger partial charge in [0, 0.05) is 6.54 Å². The molecule has 27 heavy (non-hydrogen) atoms. The van der Waals surface area contributed by atoms with Crippen LogP contribution in [0.4, 0.5) is 0 Å². The molecule has 0 aliphatic heterocycles. The Morgan fingerprint density at radius 1 is 0.815 bits per heavy atom. The minimum absolute atomic E-state index is 0.0196. The van der Waals surface area contributed by atoms with E-state index in [1.165, 1.54) is 5.56 Å². The Bertz CT molecular complexity index is 795. The zero-order valence-corrected chi connectivity index (χ0v) is 15.9. The van der Waals surface area contributed by atoms with Gasteiger partial charge in [-0.25, -0.2) is 0 Å². The summed E-state index contributed by atoms with van der Waals surface area (Å²) in [6, 6.07) is 30.0. The number of likely N-dealkylation sites (N-methyl/N-ethyl adjacent to an activating group) is 1. The van der Waals surface area contributed by atoms with Crippen LogP contribution in [-0.2, 0) is 11.3 Å². The van der Waals surface area contributed by atoms with Crippen molar-refractivity contribution in [3.8, 4) is 0 Å². The maximum Gasteiger partial charge on any atom is 0.237 e. The maximum atomic E-state index is 13.0. The van der Waals surface area contributed by atoms with Gasteiger partial charge in [-0.2, -0.15) is 0 Å². The average molecular weight is 358 g/mol. The molecule has 3 rings (SSSR count). The third-order valence-electron chi connectivity index (χ3n) is 4.87. The van der Waals surface area contributed by atoms with Gasteiger partial charge >= 0.3 is 0 Å². The smallest absolute Gasteiger partial charge is 0.237 e. The second kappa shape index (κ2) is 9.15. The highest BCUT2D eigenvalue weighted by Gasteiger charge is 2.23. The van der Waals surface area contributed by atoms with E-state index in [0.717, 1.165) is 17.7 Å². The van der Waals surface area contributed by atoms with Crippen LogP contribution >= 0.6 is 0 Å². The van der Waals surface area contributed by atoms with Crippen molar-refractivity contribution in [1.82, 2.24) is 10.2 Å². The predicted molar refractivity (Wildman–Crippen MR) is 110 cm³/mol. The molecule has 0 saturated heterocycles. The van der Waals surface area contributed by atoms with E-state index in [0.29, 0.717) is 0 Å². The van der Waals surface area contributed by atoms with Gasteiger partial charge in [0.25, 0.3) is 0 Å². The van der Waals surface area contributed by atoms with Gasteiger partial charge in [-0.3, -0.25) is 9.69 Å². The van der Waals surface area contributed by atoms with E-state index >= 15 is 0 Å². The first-order valence-corrected chi connectivity index (χ1v) is 9.29. The number of carbonyl (C=O) groups is 1. The fourth-order valence-electron chi connectivity index (χ4n) is 3.12. The van der Waals surface area contributed by atoms with Crippen LogP contribution in [-0.4, -0.2) is 23.9 Å². The summed E-state index contributed by atoms with van der Waals surface area (Å²) in [5, 5.41) is 3.24. The minimum Gasteiger partial charge on any atom is -0.344 e. The topological polar surface area (TPSA) is 32.3 Å². The van der Waals surface area contributed by atoms with Crippen LogP contribution in [0.15, 0.2) is 91.0 Å². The molecule has 1 atom stereocenters. The number of hydrogen-bond acceptors (Lipinski definition) is 2. The fourth-order valence-corrected chi connectivity index (χ4v) is 3.12. The molecule has 1 amide bonds. The average Bonchev–Trinajstić information content (AvgIpc) is 2.73. The zero-order chi connectivity index (χ0) is 19.1. The normalized spacial score (nSPS) is 12.1. The fraction of sp³-hybridized carbons (Fsp3) is 0.208. The SMILES string of the molecule is C[C@@H](C(=O)NC(c1ccccc1)c1ccccc1)N(C)Cc1ccccc1. The van der Waals surface area contributed by atoms with Gasteiger partial charge in [0.05, 0.1) is 12.1 Å². The molecule has 138 valence electrons. The summed E-state index contributed by atoms with van der Waals surface area (Å²) in [6.07, 6.45) is 0. The van der Waals surface area contributed by atoms with Gasteiger partial charge in [-0.05, 0) is 30.7 Å². The van der Waals surface area contributed by atoms with Crippen LogP contribution in [0.2, 0.25) is 0 Å². The quantitative estimate of drug-likeness (QED) is 0.678. The molecule has 0 aliphatic rings. The third kappa shape index (κ3) is 5.05. The highest BCUT2D eigenvalue weighted by Crippen LogP contribution is 2.22. The molecular formula is C24H26N2O. The Hall–Kier alpha value is -2.91. The molecule has 3 nitrogen and oxygen atoms in total. The Kier molecular flexibility index (Phi) is 6.39. The molecule has 0 fully saturated rings. The summed E-state index contributed by atoms with van der Waals surface area (Å²) in [6.45, 7) is 2.68. The summed E-state index contributed by atoms with van der Waals surface area (Å²) in [4.78, 5) is 15.0. The minimum atomic E-state index is -0.236. The van der Waals surface area contributed by atoms with Crippen LogP contribution < -0.4 is 5.32 Å². The summed E-state index contributed by atoms with van der Waals surface area (Å²) < 4.78 is 0. The molecule has 1 N–H and O–H groups in total. The second-order valence-electron chi connectivity index (χ2n) is 6.84. The number of nitrogens with zero attached hydrogens (tertiary/aromatic N) is 1. The molecule has 0 unspecified atom stereocenters. The molecular weight excluding hydrogens is 332 g/mol. The van der Waals surface area contributed by atoms with E-state index in [1.807, 2.05) is 68.6 Å². The lowest BCUT2D eigenvalue weighted by molar-refractivity contribution is -0.126. The summed E-state index contributed by atoms with van der Waals surface area (Å²) in [5.74, 6) is 0.0196. The van der Waals surface area contributed by atoms with Crippen LogP contribution in [0.3, 0.4) is 0 Å². The number of hydrogen-bond donors (Lipinski definition) is 1. The van der Waals surface area contributed by atoms with Crippen LogP contribution in [0.25, 0.3) is 0 Å². The lowest BCUT2D eigenvalue weighted by Crippen LogP contribution is -2.44. The van der Waals surface area contributed by atoms with Crippen molar-refractivity contribution >= 4 is 5.91 Å². The maximum absolute atomic E-state index is 13.0. The standard InChI is InChI=1S/C24H26N2O/c1-19(26(2)18-20-12-6-3-7-13-20)24(27)25-23(21-14-8-4-9-15-21)22-16-10-5-11-17-22/h3-17,19,23H,18H2,1-2H3,(H,25,27)/t19-/m0/s1. The first kappa shape index (κ1) is 18.9. The van der Waals surface area contributed by atoms with Crippen molar-refractivity contribution in [3.63, 3.8) is 0 Å². The van der Waals surface area contributed by atoms with Gasteiger partial charge in [0.15, 0.2) is 0 Å². The second-order valence-corrected chi connectivity index (χ2v) is 6.84. The van der Waals surface area contributed by atoms with Gasteiger partial charge in [0.2, 0.25) is 5.91 Å². The van der Waals surface area contributed by atoms with Crippen molar-refractivity contribution in [2.45, 2.75) is 25.6 Å². The lowest BCUT2D eigenvalue weighted by Gasteiger charge is -2.27. The van der Waals surface area contributed by atoms with E-state index in [2.05, 4.69) is 46.6 Å². The molecule has 0 heterocycles.